The Hall–Kier alpha value is -2.71. The molecule has 0 bridgehead atoms. The fourth-order valence-electron chi connectivity index (χ4n) is 2.79. The number of hydrogen-bond acceptors (Lipinski definition) is 5. The maximum Gasteiger partial charge on any atom is 0.260 e. The molecule has 1 heterocycles. The van der Waals surface area contributed by atoms with E-state index in [2.05, 4.69) is 4.98 Å². The highest BCUT2D eigenvalue weighted by Gasteiger charge is 2.24. The summed E-state index contributed by atoms with van der Waals surface area (Å²) in [5.41, 5.74) is 0.919. The van der Waals surface area contributed by atoms with E-state index >= 15 is 0 Å². The van der Waals surface area contributed by atoms with Crippen molar-refractivity contribution in [1.82, 2.24) is 4.98 Å². The lowest BCUT2D eigenvalue weighted by Gasteiger charge is -2.20. The van der Waals surface area contributed by atoms with Crippen molar-refractivity contribution in [1.29, 1.82) is 0 Å². The summed E-state index contributed by atoms with van der Waals surface area (Å²) in [6, 6.07) is 9.29. The minimum absolute atomic E-state index is 0.284. The van der Waals surface area contributed by atoms with Crippen LogP contribution >= 0.6 is 11.3 Å². The Morgan fingerprint density at radius 1 is 1.18 bits per heavy atom. The number of quaternary nitrogens is 1. The lowest BCUT2D eigenvalue weighted by atomic mass is 10.2. The summed E-state index contributed by atoms with van der Waals surface area (Å²) in [6.45, 7) is 1.16. The number of halogens is 1. The first kappa shape index (κ1) is 20.0. The van der Waals surface area contributed by atoms with E-state index < -0.39 is 5.82 Å². The summed E-state index contributed by atoms with van der Waals surface area (Å²) in [5, 5.41) is 0.522. The number of rotatable bonds is 7. The van der Waals surface area contributed by atoms with Crippen LogP contribution in [0, 0.1) is 5.82 Å². The van der Waals surface area contributed by atoms with E-state index in [1.807, 2.05) is 20.2 Å². The Kier molecular flexibility index (Phi) is 6.11. The zero-order valence-electron chi connectivity index (χ0n) is 16.3. The molecule has 0 fully saturated rings. The molecule has 0 aliphatic carbocycles. The second-order valence-electron chi connectivity index (χ2n) is 6.57. The smallest absolute Gasteiger partial charge is 0.260 e. The standard InChI is InChI=1S/C20H22FN3O3S/c1-23(2)10-11-24(19(25)13-6-5-7-14(21)12-13)20-22-17-15(26-3)8-9-16(27-4)18(17)28-20/h5-9,12H,10-11H2,1-4H3/p+1. The molecular formula is C20H23FN3O3S+. The van der Waals surface area contributed by atoms with Gasteiger partial charge in [0.1, 0.15) is 27.5 Å². The Labute approximate surface area is 167 Å². The lowest BCUT2D eigenvalue weighted by Crippen LogP contribution is -3.06. The maximum atomic E-state index is 13.7. The van der Waals surface area contributed by atoms with Gasteiger partial charge in [0.15, 0.2) is 5.13 Å². The van der Waals surface area contributed by atoms with Gasteiger partial charge < -0.3 is 14.4 Å². The maximum absolute atomic E-state index is 13.7. The molecule has 148 valence electrons. The number of methoxy groups -OCH3 is 2. The number of nitrogens with zero attached hydrogens (tertiary/aromatic N) is 2. The summed E-state index contributed by atoms with van der Waals surface area (Å²) in [6.07, 6.45) is 0. The van der Waals surface area contributed by atoms with Gasteiger partial charge in [-0.05, 0) is 30.3 Å². The van der Waals surface area contributed by atoms with Gasteiger partial charge >= 0.3 is 0 Å². The van der Waals surface area contributed by atoms with Crippen LogP contribution in [0.1, 0.15) is 10.4 Å². The van der Waals surface area contributed by atoms with Gasteiger partial charge in [-0.3, -0.25) is 9.69 Å². The summed E-state index contributed by atoms with van der Waals surface area (Å²) in [4.78, 5) is 20.6. The van der Waals surface area contributed by atoms with E-state index in [4.69, 9.17) is 9.47 Å². The number of carbonyl (C=O) groups is 1. The average Bonchev–Trinajstić information content (AvgIpc) is 3.12. The van der Waals surface area contributed by atoms with Crippen LogP contribution in [-0.4, -0.2) is 52.3 Å². The average molecular weight is 404 g/mol. The molecule has 1 aromatic heterocycles. The third kappa shape index (κ3) is 4.07. The topological polar surface area (TPSA) is 56.1 Å². The van der Waals surface area contributed by atoms with Crippen LogP contribution in [-0.2, 0) is 0 Å². The van der Waals surface area contributed by atoms with Crippen LogP contribution in [0.25, 0.3) is 10.2 Å². The van der Waals surface area contributed by atoms with Gasteiger partial charge in [-0.15, -0.1) is 0 Å². The van der Waals surface area contributed by atoms with Gasteiger partial charge in [-0.25, -0.2) is 9.37 Å². The van der Waals surface area contributed by atoms with Gasteiger partial charge in [-0.2, -0.15) is 0 Å². The molecule has 1 N–H and O–H groups in total. The lowest BCUT2D eigenvalue weighted by molar-refractivity contribution is -0.856. The minimum atomic E-state index is -0.448. The fraction of sp³-hybridized carbons (Fsp3) is 0.300. The van der Waals surface area contributed by atoms with Crippen LogP contribution in [0.3, 0.4) is 0 Å². The molecule has 0 radical (unpaired) electrons. The number of ether oxygens (including phenoxy) is 2. The molecule has 0 saturated carbocycles. The van der Waals surface area contributed by atoms with Gasteiger partial charge in [0.25, 0.3) is 5.91 Å². The molecule has 0 unspecified atom stereocenters. The first-order chi connectivity index (χ1) is 13.4. The first-order valence-corrected chi connectivity index (χ1v) is 9.64. The van der Waals surface area contributed by atoms with Gasteiger partial charge in [0.2, 0.25) is 0 Å². The van der Waals surface area contributed by atoms with Crippen LogP contribution in [0.15, 0.2) is 36.4 Å². The quantitative estimate of drug-likeness (QED) is 0.656. The van der Waals surface area contributed by atoms with Gasteiger partial charge in [-0.1, -0.05) is 17.4 Å². The van der Waals surface area contributed by atoms with Gasteiger partial charge in [0.05, 0.1) is 41.4 Å². The van der Waals surface area contributed by atoms with Crippen molar-refractivity contribution in [2.75, 3.05) is 46.3 Å². The van der Waals surface area contributed by atoms with Gasteiger partial charge in [0, 0.05) is 5.56 Å². The molecule has 1 amide bonds. The second kappa shape index (κ2) is 8.53. The van der Waals surface area contributed by atoms with Crippen molar-refractivity contribution in [3.05, 3.63) is 47.8 Å². The van der Waals surface area contributed by atoms with E-state index in [9.17, 15) is 9.18 Å². The van der Waals surface area contributed by atoms with Crippen molar-refractivity contribution < 1.29 is 23.6 Å². The number of aromatic nitrogens is 1. The molecule has 2 aromatic carbocycles. The van der Waals surface area contributed by atoms with Crippen molar-refractivity contribution >= 4 is 32.6 Å². The Bertz CT molecular complexity index is 949. The number of amides is 1. The van der Waals surface area contributed by atoms with Crippen molar-refractivity contribution in [3.8, 4) is 11.5 Å². The van der Waals surface area contributed by atoms with E-state index in [1.165, 1.54) is 34.4 Å². The van der Waals surface area contributed by atoms with E-state index in [0.29, 0.717) is 35.2 Å². The third-order valence-electron chi connectivity index (χ3n) is 4.28. The van der Waals surface area contributed by atoms with Crippen molar-refractivity contribution in [3.63, 3.8) is 0 Å². The largest absolute Gasteiger partial charge is 0.495 e. The van der Waals surface area contributed by atoms with E-state index in [1.54, 1.807) is 31.3 Å². The van der Waals surface area contributed by atoms with Crippen molar-refractivity contribution in [2.24, 2.45) is 0 Å². The number of likely N-dealkylation sites (N-methyl/N-ethyl adjacent to an activating group) is 1. The summed E-state index contributed by atoms with van der Waals surface area (Å²) >= 11 is 1.35. The highest BCUT2D eigenvalue weighted by Crippen LogP contribution is 2.40. The minimum Gasteiger partial charge on any atom is -0.495 e. The van der Waals surface area contributed by atoms with E-state index in [0.717, 1.165) is 4.70 Å². The predicted octanol–water partition coefficient (Wildman–Crippen LogP) is 2.24. The highest BCUT2D eigenvalue weighted by molar-refractivity contribution is 7.22. The molecular weight excluding hydrogens is 381 g/mol. The molecule has 8 heteroatoms. The van der Waals surface area contributed by atoms with Crippen molar-refractivity contribution in [2.45, 2.75) is 0 Å². The normalized spacial score (nSPS) is 11.1. The number of fused-ring (bicyclic) bond motifs is 1. The zero-order valence-corrected chi connectivity index (χ0v) is 17.1. The molecule has 6 nitrogen and oxygen atoms in total. The fourth-order valence-corrected chi connectivity index (χ4v) is 3.89. The summed E-state index contributed by atoms with van der Waals surface area (Å²) in [5.74, 6) is 0.528. The number of benzene rings is 2. The number of thiazole rings is 1. The molecule has 0 aliphatic rings. The van der Waals surface area contributed by atoms with Crippen LogP contribution in [0.4, 0.5) is 9.52 Å². The Morgan fingerprint density at radius 2 is 1.89 bits per heavy atom. The molecule has 0 spiro atoms. The van der Waals surface area contributed by atoms with Crippen LogP contribution in [0.2, 0.25) is 0 Å². The number of anilines is 1. The zero-order chi connectivity index (χ0) is 20.3. The first-order valence-electron chi connectivity index (χ1n) is 8.82. The monoisotopic (exact) mass is 404 g/mol. The second-order valence-corrected chi connectivity index (χ2v) is 7.55. The molecule has 3 rings (SSSR count). The Morgan fingerprint density at radius 3 is 2.54 bits per heavy atom. The SMILES string of the molecule is COc1ccc(OC)c2sc(N(CC[NH+](C)C)C(=O)c3cccc(F)c3)nc12. The molecule has 28 heavy (non-hydrogen) atoms. The predicted molar refractivity (Wildman–Crippen MR) is 108 cm³/mol. The molecule has 0 saturated heterocycles. The summed E-state index contributed by atoms with van der Waals surface area (Å²) in [7, 11) is 7.18. The van der Waals surface area contributed by atoms with E-state index in [-0.39, 0.29) is 11.5 Å². The highest BCUT2D eigenvalue weighted by atomic mass is 32.1. The molecule has 3 aromatic rings. The number of hydrogen-bond donors (Lipinski definition) is 1. The summed E-state index contributed by atoms with van der Waals surface area (Å²) < 4.78 is 25.3. The molecule has 0 atom stereocenters. The molecule has 0 aliphatic heterocycles. The van der Waals surface area contributed by atoms with Crippen LogP contribution < -0.4 is 19.3 Å². The number of nitrogens with one attached hydrogen (secondary N) is 1. The third-order valence-corrected chi connectivity index (χ3v) is 5.37. The Balaban J connectivity index is 2.08. The number of carbonyl (C=O) groups excluding carboxylic acids is 1. The van der Waals surface area contributed by atoms with Crippen LogP contribution in [0.5, 0.6) is 11.5 Å².